The van der Waals surface area contributed by atoms with Gasteiger partial charge in [-0.2, -0.15) is 5.10 Å². The molecule has 92 valence electrons. The van der Waals surface area contributed by atoms with Gasteiger partial charge in [-0.1, -0.05) is 30.3 Å². The maximum absolute atomic E-state index is 5.19. The molecule has 18 heavy (non-hydrogen) atoms. The van der Waals surface area contributed by atoms with Gasteiger partial charge in [-0.15, -0.1) is 0 Å². The Bertz CT molecular complexity index is 535. The van der Waals surface area contributed by atoms with Gasteiger partial charge < -0.3 is 4.74 Å². The number of hydrogen-bond acceptors (Lipinski definition) is 3. The third-order valence-electron chi connectivity index (χ3n) is 2.61. The van der Waals surface area contributed by atoms with Crippen LogP contribution in [0.3, 0.4) is 0 Å². The highest BCUT2D eigenvalue weighted by Crippen LogP contribution is 2.13. The predicted octanol–water partition coefficient (Wildman–Crippen LogP) is 3.53. The van der Waals surface area contributed by atoms with Crippen molar-refractivity contribution < 1.29 is 4.74 Å². The van der Waals surface area contributed by atoms with E-state index in [1.54, 1.807) is 7.11 Å². The van der Waals surface area contributed by atoms with Crippen molar-refractivity contribution in [3.8, 4) is 5.75 Å². The zero-order valence-electron chi connectivity index (χ0n) is 10.6. The molecule has 0 radical (unpaired) electrons. The summed E-state index contributed by atoms with van der Waals surface area (Å²) in [6.07, 6.45) is 0. The Balaban J connectivity index is 2.12. The van der Waals surface area contributed by atoms with E-state index in [-0.39, 0.29) is 0 Å². The number of hydrazone groups is 1. The lowest BCUT2D eigenvalue weighted by atomic mass is 10.1. The van der Waals surface area contributed by atoms with Crippen LogP contribution in [0, 0.1) is 0 Å². The van der Waals surface area contributed by atoms with Crippen LogP contribution >= 0.6 is 0 Å². The normalized spacial score (nSPS) is 11.1. The Morgan fingerprint density at radius 3 is 2.56 bits per heavy atom. The standard InChI is InChI=1S/C15H16N2O/c1-12(13-7-6-10-15(11-13)18-2)16-17-14-8-4-3-5-9-14/h3-11,17H,1-2H3/b16-12-. The van der Waals surface area contributed by atoms with Gasteiger partial charge in [-0.25, -0.2) is 0 Å². The Morgan fingerprint density at radius 1 is 1.06 bits per heavy atom. The molecule has 0 aromatic heterocycles. The second kappa shape index (κ2) is 5.87. The lowest BCUT2D eigenvalue weighted by molar-refractivity contribution is 0.414. The first-order chi connectivity index (χ1) is 8.79. The Hall–Kier alpha value is -2.29. The maximum Gasteiger partial charge on any atom is 0.119 e. The maximum atomic E-state index is 5.19. The largest absolute Gasteiger partial charge is 0.497 e. The van der Waals surface area contributed by atoms with Crippen LogP contribution in [0.1, 0.15) is 12.5 Å². The molecule has 2 aromatic rings. The first-order valence-corrected chi connectivity index (χ1v) is 5.79. The van der Waals surface area contributed by atoms with Gasteiger partial charge in [0.25, 0.3) is 0 Å². The highest BCUT2D eigenvalue weighted by atomic mass is 16.5. The fraction of sp³-hybridized carbons (Fsp3) is 0.133. The predicted molar refractivity (Wildman–Crippen MR) is 75.3 cm³/mol. The van der Waals surface area contributed by atoms with Gasteiger partial charge in [0.1, 0.15) is 5.75 Å². The van der Waals surface area contributed by atoms with Crippen molar-refractivity contribution in [2.24, 2.45) is 5.10 Å². The van der Waals surface area contributed by atoms with Gasteiger partial charge in [-0.3, -0.25) is 5.43 Å². The third-order valence-corrected chi connectivity index (χ3v) is 2.61. The molecule has 3 heteroatoms. The summed E-state index contributed by atoms with van der Waals surface area (Å²) in [5.41, 5.74) is 5.95. The smallest absolute Gasteiger partial charge is 0.119 e. The molecule has 0 heterocycles. The van der Waals surface area contributed by atoms with Crippen LogP contribution in [0.15, 0.2) is 59.7 Å². The second-order valence-electron chi connectivity index (χ2n) is 3.91. The van der Waals surface area contributed by atoms with E-state index in [4.69, 9.17) is 4.74 Å². The second-order valence-corrected chi connectivity index (χ2v) is 3.91. The zero-order chi connectivity index (χ0) is 12.8. The van der Waals surface area contributed by atoms with Crippen molar-refractivity contribution >= 4 is 11.4 Å². The number of rotatable bonds is 4. The summed E-state index contributed by atoms with van der Waals surface area (Å²) >= 11 is 0. The average molecular weight is 240 g/mol. The van der Waals surface area contributed by atoms with Crippen LogP contribution in [0.25, 0.3) is 0 Å². The van der Waals surface area contributed by atoms with Gasteiger partial charge in [0, 0.05) is 5.56 Å². The van der Waals surface area contributed by atoms with Crippen LogP contribution in [-0.4, -0.2) is 12.8 Å². The number of benzene rings is 2. The van der Waals surface area contributed by atoms with Gasteiger partial charge in [0.2, 0.25) is 0 Å². The molecule has 0 amide bonds. The summed E-state index contributed by atoms with van der Waals surface area (Å²) in [4.78, 5) is 0. The third kappa shape index (κ3) is 3.10. The molecule has 2 aromatic carbocycles. The first kappa shape index (κ1) is 12.2. The van der Waals surface area contributed by atoms with E-state index in [2.05, 4.69) is 10.5 Å². The SMILES string of the molecule is COc1cccc(/C(C)=N\Nc2ccccc2)c1. The molecule has 1 N–H and O–H groups in total. The molecular formula is C15H16N2O. The van der Waals surface area contributed by atoms with E-state index in [0.717, 1.165) is 22.7 Å². The Kier molecular flexibility index (Phi) is 3.97. The molecule has 2 rings (SSSR count). The van der Waals surface area contributed by atoms with Crippen molar-refractivity contribution in [2.45, 2.75) is 6.92 Å². The monoisotopic (exact) mass is 240 g/mol. The molecule has 0 atom stereocenters. The average Bonchev–Trinajstić information content (AvgIpc) is 2.46. The van der Waals surface area contributed by atoms with E-state index in [0.29, 0.717) is 0 Å². The molecule has 0 saturated heterocycles. The number of ether oxygens (including phenoxy) is 1. The van der Waals surface area contributed by atoms with Crippen LogP contribution in [0.4, 0.5) is 5.69 Å². The van der Waals surface area contributed by atoms with Gasteiger partial charge >= 0.3 is 0 Å². The lowest BCUT2D eigenvalue weighted by Crippen LogP contribution is -1.99. The summed E-state index contributed by atoms with van der Waals surface area (Å²) < 4.78 is 5.19. The molecule has 3 nitrogen and oxygen atoms in total. The van der Waals surface area contributed by atoms with E-state index in [1.165, 1.54) is 0 Å². The van der Waals surface area contributed by atoms with Gasteiger partial charge in [0.05, 0.1) is 18.5 Å². The van der Waals surface area contributed by atoms with Crippen LogP contribution in [0.5, 0.6) is 5.75 Å². The van der Waals surface area contributed by atoms with E-state index >= 15 is 0 Å². The molecule has 0 aliphatic heterocycles. The minimum absolute atomic E-state index is 0.835. The fourth-order valence-corrected chi connectivity index (χ4v) is 1.57. The van der Waals surface area contributed by atoms with Crippen molar-refractivity contribution in [1.82, 2.24) is 0 Å². The molecule has 0 fully saturated rings. The number of anilines is 1. The van der Waals surface area contributed by atoms with Gasteiger partial charge in [0.15, 0.2) is 0 Å². The number of hydrogen-bond donors (Lipinski definition) is 1. The summed E-state index contributed by atoms with van der Waals surface area (Å²) in [5.74, 6) is 0.835. The molecular weight excluding hydrogens is 224 g/mol. The zero-order valence-corrected chi connectivity index (χ0v) is 10.6. The molecule has 0 bridgehead atoms. The van der Waals surface area contributed by atoms with Crippen LogP contribution in [-0.2, 0) is 0 Å². The Labute approximate surface area is 107 Å². The highest BCUT2D eigenvalue weighted by molar-refractivity contribution is 5.99. The first-order valence-electron chi connectivity index (χ1n) is 5.79. The number of nitrogens with one attached hydrogen (secondary N) is 1. The topological polar surface area (TPSA) is 33.6 Å². The van der Waals surface area contributed by atoms with Gasteiger partial charge in [-0.05, 0) is 31.2 Å². The van der Waals surface area contributed by atoms with Crippen molar-refractivity contribution in [1.29, 1.82) is 0 Å². The Morgan fingerprint density at radius 2 is 1.83 bits per heavy atom. The number of nitrogens with zero attached hydrogens (tertiary/aromatic N) is 1. The fourth-order valence-electron chi connectivity index (χ4n) is 1.57. The van der Waals surface area contributed by atoms with Crippen molar-refractivity contribution in [3.63, 3.8) is 0 Å². The summed E-state index contributed by atoms with van der Waals surface area (Å²) in [6.45, 7) is 1.96. The highest BCUT2D eigenvalue weighted by Gasteiger charge is 1.99. The minimum atomic E-state index is 0.835. The summed E-state index contributed by atoms with van der Waals surface area (Å²) in [7, 11) is 1.66. The van der Waals surface area contributed by atoms with Crippen LogP contribution < -0.4 is 10.2 Å². The van der Waals surface area contributed by atoms with Crippen molar-refractivity contribution in [3.05, 3.63) is 60.2 Å². The molecule has 0 spiro atoms. The molecule has 0 unspecified atom stereocenters. The van der Waals surface area contributed by atoms with Crippen LogP contribution in [0.2, 0.25) is 0 Å². The molecule has 0 aliphatic rings. The van der Waals surface area contributed by atoms with Crippen molar-refractivity contribution in [2.75, 3.05) is 12.5 Å². The summed E-state index contributed by atoms with van der Waals surface area (Å²) in [5, 5.41) is 4.35. The summed E-state index contributed by atoms with van der Waals surface area (Å²) in [6, 6.07) is 17.7. The molecule has 0 saturated carbocycles. The van der Waals surface area contributed by atoms with E-state index in [9.17, 15) is 0 Å². The minimum Gasteiger partial charge on any atom is -0.497 e. The van der Waals surface area contributed by atoms with E-state index in [1.807, 2.05) is 61.5 Å². The number of para-hydroxylation sites is 1. The molecule has 0 aliphatic carbocycles. The number of methoxy groups -OCH3 is 1. The van der Waals surface area contributed by atoms with E-state index < -0.39 is 0 Å². The lowest BCUT2D eigenvalue weighted by Gasteiger charge is -2.05. The quantitative estimate of drug-likeness (QED) is 0.655.